The van der Waals surface area contributed by atoms with E-state index in [2.05, 4.69) is 5.32 Å². The van der Waals surface area contributed by atoms with Crippen molar-refractivity contribution in [3.8, 4) is 0 Å². The molecule has 2 aliphatic rings. The van der Waals surface area contributed by atoms with Crippen LogP contribution in [0.25, 0.3) is 0 Å². The molecule has 168 valence electrons. The fourth-order valence-corrected chi connectivity index (χ4v) is 5.95. The molecule has 7 nitrogen and oxygen atoms in total. The fraction of sp³-hybridized carbons (Fsp3) is 0.391. The molecule has 1 N–H and O–H groups in total. The van der Waals surface area contributed by atoms with Crippen molar-refractivity contribution < 1.29 is 23.9 Å². The first-order chi connectivity index (χ1) is 15.4. The summed E-state index contributed by atoms with van der Waals surface area (Å²) < 4.78 is 5.05. The molecule has 0 bridgehead atoms. The van der Waals surface area contributed by atoms with Gasteiger partial charge < -0.3 is 15.0 Å². The van der Waals surface area contributed by atoms with Crippen LogP contribution in [0.5, 0.6) is 0 Å². The van der Waals surface area contributed by atoms with Crippen molar-refractivity contribution in [1.82, 2.24) is 4.90 Å². The Kier molecular flexibility index (Phi) is 6.95. The van der Waals surface area contributed by atoms with Crippen molar-refractivity contribution in [3.63, 3.8) is 0 Å². The highest BCUT2D eigenvalue weighted by Gasteiger charge is 2.28. The van der Waals surface area contributed by atoms with Gasteiger partial charge in [-0.1, -0.05) is 41.6 Å². The van der Waals surface area contributed by atoms with Gasteiger partial charge in [0.05, 0.1) is 5.56 Å². The monoisotopic (exact) mass is 472 g/mol. The number of fused-ring (bicyclic) bond motifs is 1. The van der Waals surface area contributed by atoms with Crippen LogP contribution in [0.4, 0.5) is 9.80 Å². The zero-order valence-corrected chi connectivity index (χ0v) is 19.4. The van der Waals surface area contributed by atoms with E-state index in [0.717, 1.165) is 53.4 Å². The number of rotatable bonds is 7. The number of ketones is 1. The molecule has 9 heteroatoms. The molecule has 0 saturated carbocycles. The number of anilines is 1. The Labute approximate surface area is 194 Å². The van der Waals surface area contributed by atoms with E-state index in [1.165, 1.54) is 16.2 Å². The first-order valence-electron chi connectivity index (χ1n) is 10.6. The number of thioether (sulfide) groups is 1. The Balaban J connectivity index is 1.45. The van der Waals surface area contributed by atoms with Crippen LogP contribution in [0.2, 0.25) is 0 Å². The number of carbonyl (C=O) groups is 4. The number of aryl methyl sites for hydroxylation is 2. The summed E-state index contributed by atoms with van der Waals surface area (Å²) in [5.41, 5.74) is 3.22. The Morgan fingerprint density at radius 3 is 2.59 bits per heavy atom. The van der Waals surface area contributed by atoms with E-state index in [9.17, 15) is 19.2 Å². The summed E-state index contributed by atoms with van der Waals surface area (Å²) in [6.07, 6.45) is 3.77. The van der Waals surface area contributed by atoms with Crippen LogP contribution in [0.15, 0.2) is 24.3 Å². The second-order valence-electron chi connectivity index (χ2n) is 7.85. The second-order valence-corrected chi connectivity index (χ2v) is 10.0. The van der Waals surface area contributed by atoms with E-state index in [-0.39, 0.29) is 17.6 Å². The summed E-state index contributed by atoms with van der Waals surface area (Å²) in [4.78, 5) is 51.9. The van der Waals surface area contributed by atoms with Crippen molar-refractivity contribution in [2.45, 2.75) is 32.6 Å². The van der Waals surface area contributed by atoms with Gasteiger partial charge in [0.1, 0.15) is 11.5 Å². The Hall–Kier alpha value is -2.65. The molecule has 0 unspecified atom stereocenters. The number of amides is 2. The van der Waals surface area contributed by atoms with E-state index in [1.807, 2.05) is 19.1 Å². The highest BCUT2D eigenvalue weighted by atomic mass is 32.2. The summed E-state index contributed by atoms with van der Waals surface area (Å²) in [6.45, 7) is 1.83. The van der Waals surface area contributed by atoms with Crippen molar-refractivity contribution >= 4 is 51.0 Å². The summed E-state index contributed by atoms with van der Waals surface area (Å²) in [6, 6.07) is 7.40. The Bertz CT molecular complexity index is 1060. The largest absolute Gasteiger partial charge is 0.454 e. The average molecular weight is 473 g/mol. The predicted octanol–water partition coefficient (Wildman–Crippen LogP) is 3.82. The van der Waals surface area contributed by atoms with Crippen LogP contribution >= 0.6 is 23.1 Å². The van der Waals surface area contributed by atoms with Gasteiger partial charge in [-0.3, -0.25) is 19.2 Å². The summed E-state index contributed by atoms with van der Waals surface area (Å²) in [5.74, 6) is -0.593. The van der Waals surface area contributed by atoms with Gasteiger partial charge in [0, 0.05) is 22.7 Å². The molecule has 0 radical (unpaired) electrons. The smallest absolute Gasteiger partial charge is 0.326 e. The van der Waals surface area contributed by atoms with Crippen LogP contribution in [0.3, 0.4) is 0 Å². The Morgan fingerprint density at radius 2 is 1.88 bits per heavy atom. The van der Waals surface area contributed by atoms with Crippen LogP contribution < -0.4 is 5.32 Å². The third-order valence-electron chi connectivity index (χ3n) is 5.49. The molecular weight excluding hydrogens is 448 g/mol. The van der Waals surface area contributed by atoms with Crippen molar-refractivity contribution in [2.24, 2.45) is 0 Å². The maximum absolute atomic E-state index is 13.3. The minimum Gasteiger partial charge on any atom is -0.454 e. The van der Waals surface area contributed by atoms with Crippen LogP contribution in [0.1, 0.15) is 44.8 Å². The molecule has 1 aromatic carbocycles. The van der Waals surface area contributed by atoms with Gasteiger partial charge in [0.15, 0.2) is 12.4 Å². The van der Waals surface area contributed by atoms with Gasteiger partial charge in [-0.15, -0.1) is 11.3 Å². The van der Waals surface area contributed by atoms with Gasteiger partial charge >= 0.3 is 5.97 Å². The van der Waals surface area contributed by atoms with E-state index in [4.69, 9.17) is 4.74 Å². The zero-order chi connectivity index (χ0) is 22.7. The molecule has 4 rings (SSSR count). The van der Waals surface area contributed by atoms with Gasteiger partial charge in [-0.25, -0.2) is 0 Å². The molecule has 0 atom stereocenters. The normalized spacial score (nSPS) is 15.4. The molecule has 1 fully saturated rings. The first kappa shape index (κ1) is 22.5. The molecule has 2 amide bonds. The van der Waals surface area contributed by atoms with Crippen LogP contribution in [0, 0.1) is 6.92 Å². The third-order valence-corrected chi connectivity index (χ3v) is 7.59. The highest BCUT2D eigenvalue weighted by molar-refractivity contribution is 8.13. The lowest BCUT2D eigenvalue weighted by atomic mass is 9.91. The third kappa shape index (κ3) is 5.05. The average Bonchev–Trinajstić information content (AvgIpc) is 3.35. The topological polar surface area (TPSA) is 92.8 Å². The predicted molar refractivity (Wildman–Crippen MR) is 125 cm³/mol. The lowest BCUT2D eigenvalue weighted by Crippen LogP contribution is -2.32. The zero-order valence-electron chi connectivity index (χ0n) is 17.8. The number of nitrogens with one attached hydrogen (secondary N) is 1. The molecular formula is C23H24N2O5S2. The number of esters is 1. The van der Waals surface area contributed by atoms with Crippen LogP contribution in [-0.2, 0) is 27.2 Å². The van der Waals surface area contributed by atoms with E-state index >= 15 is 0 Å². The van der Waals surface area contributed by atoms with Gasteiger partial charge in [-0.2, -0.15) is 0 Å². The molecule has 2 aromatic rings. The minimum atomic E-state index is -0.627. The number of carbonyl (C=O) groups excluding carboxylic acids is 4. The molecule has 1 aromatic heterocycles. The Morgan fingerprint density at radius 1 is 1.12 bits per heavy atom. The molecule has 1 aliphatic carbocycles. The quantitative estimate of drug-likeness (QED) is 0.487. The van der Waals surface area contributed by atoms with Gasteiger partial charge in [-0.05, 0) is 38.2 Å². The van der Waals surface area contributed by atoms with E-state index < -0.39 is 18.5 Å². The minimum absolute atomic E-state index is 0.109. The fourth-order valence-electron chi connectivity index (χ4n) is 3.82. The number of nitrogens with zero attached hydrogens (tertiary/aromatic N) is 1. The number of thiophene rings is 1. The van der Waals surface area contributed by atoms with Gasteiger partial charge in [0.2, 0.25) is 0 Å². The second kappa shape index (κ2) is 9.87. The first-order valence-corrected chi connectivity index (χ1v) is 12.4. The number of hydrogen-bond acceptors (Lipinski definition) is 7. The number of benzene rings is 1. The molecule has 1 aliphatic heterocycles. The van der Waals surface area contributed by atoms with E-state index in [1.54, 1.807) is 12.1 Å². The van der Waals surface area contributed by atoms with Gasteiger partial charge in [0.25, 0.3) is 11.1 Å². The molecule has 0 spiro atoms. The number of hydrogen-bond donors (Lipinski definition) is 1. The summed E-state index contributed by atoms with van der Waals surface area (Å²) in [5, 5.41) is 3.14. The highest BCUT2D eigenvalue weighted by Crippen LogP contribution is 2.39. The van der Waals surface area contributed by atoms with E-state index in [0.29, 0.717) is 28.4 Å². The maximum atomic E-state index is 13.3. The number of ether oxygens (including phenoxy) is 1. The summed E-state index contributed by atoms with van der Waals surface area (Å²) >= 11 is 2.59. The molecule has 1 saturated heterocycles. The van der Waals surface area contributed by atoms with Crippen molar-refractivity contribution in [2.75, 3.05) is 30.8 Å². The van der Waals surface area contributed by atoms with Crippen LogP contribution in [-0.4, -0.2) is 53.2 Å². The SMILES string of the molecule is Cc1ccc(C(=O)c2c(NC(=O)COC(=O)CN3CCSC3=O)sc3c2CCCC3)cc1. The summed E-state index contributed by atoms with van der Waals surface area (Å²) in [7, 11) is 0. The standard InChI is InChI=1S/C23H24N2O5S2/c1-14-6-8-15(9-7-14)21(28)20-16-4-2-3-5-17(16)32-22(20)24-18(26)13-30-19(27)12-25-10-11-31-23(25)29/h6-9H,2-5,10-13H2,1H3,(H,24,26). The van der Waals surface area contributed by atoms with Crippen molar-refractivity contribution in [1.29, 1.82) is 0 Å². The molecule has 32 heavy (non-hydrogen) atoms. The van der Waals surface area contributed by atoms with Crippen molar-refractivity contribution in [3.05, 3.63) is 51.4 Å². The molecule has 2 heterocycles. The lowest BCUT2D eigenvalue weighted by Gasteiger charge is -2.14. The maximum Gasteiger partial charge on any atom is 0.326 e. The lowest BCUT2D eigenvalue weighted by molar-refractivity contribution is -0.147.